The molecule has 5 nitrogen and oxygen atoms in total. The summed E-state index contributed by atoms with van der Waals surface area (Å²) in [6.45, 7) is 7.20. The molecule has 2 unspecified atom stereocenters. The van der Waals surface area contributed by atoms with Gasteiger partial charge in [0.1, 0.15) is 0 Å². The number of morpholine rings is 1. The topological polar surface area (TPSA) is 58.6 Å². The molecule has 0 aromatic heterocycles. The fourth-order valence-corrected chi connectivity index (χ4v) is 4.85. The Morgan fingerprint density at radius 2 is 1.77 bits per heavy atom. The van der Waals surface area contributed by atoms with Crippen LogP contribution in [0, 0.1) is 6.92 Å². The van der Waals surface area contributed by atoms with Gasteiger partial charge in [0.05, 0.1) is 28.5 Å². The second-order valence-electron chi connectivity index (χ2n) is 6.69. The van der Waals surface area contributed by atoms with Gasteiger partial charge in [-0.3, -0.25) is 4.72 Å². The van der Waals surface area contributed by atoms with Crippen molar-refractivity contribution in [2.24, 2.45) is 0 Å². The largest absolute Gasteiger partial charge is 0.372 e. The van der Waals surface area contributed by atoms with E-state index < -0.39 is 10.0 Å². The average Bonchev–Trinajstić information content (AvgIpc) is 2.53. The Labute approximate surface area is 160 Å². The van der Waals surface area contributed by atoms with E-state index in [2.05, 4.69) is 9.62 Å². The summed E-state index contributed by atoms with van der Waals surface area (Å²) in [4.78, 5) is 2.38. The van der Waals surface area contributed by atoms with Crippen molar-refractivity contribution in [3.8, 4) is 0 Å². The summed E-state index contributed by atoms with van der Waals surface area (Å²) in [5.74, 6) is 0. The van der Waals surface area contributed by atoms with Crippen molar-refractivity contribution in [2.75, 3.05) is 22.7 Å². The quantitative estimate of drug-likeness (QED) is 0.849. The molecule has 2 aromatic rings. The number of aryl methyl sites for hydroxylation is 1. The number of hydrogen-bond acceptors (Lipinski definition) is 4. The summed E-state index contributed by atoms with van der Waals surface area (Å²) < 4.78 is 34.3. The number of nitrogens with zero attached hydrogens (tertiary/aromatic N) is 1. The van der Waals surface area contributed by atoms with Gasteiger partial charge in [0.2, 0.25) is 0 Å². The lowest BCUT2D eigenvalue weighted by molar-refractivity contribution is -0.00517. The van der Waals surface area contributed by atoms with Gasteiger partial charge in [-0.25, -0.2) is 8.42 Å². The Balaban J connectivity index is 1.93. The molecule has 1 heterocycles. The first-order valence-corrected chi connectivity index (χ1v) is 10.4. The Hall–Kier alpha value is -1.76. The van der Waals surface area contributed by atoms with Crippen molar-refractivity contribution in [3.05, 3.63) is 53.1 Å². The van der Waals surface area contributed by atoms with Crippen LogP contribution in [0.25, 0.3) is 0 Å². The third-order valence-corrected chi connectivity index (χ3v) is 6.10. The first-order chi connectivity index (χ1) is 12.3. The molecular formula is C19H23ClN2O3S. The molecule has 1 aliphatic heterocycles. The van der Waals surface area contributed by atoms with Crippen molar-refractivity contribution in [1.82, 2.24) is 0 Å². The summed E-state index contributed by atoms with van der Waals surface area (Å²) in [6.07, 6.45) is 0.170. The fraction of sp³-hybridized carbons (Fsp3) is 0.368. The normalized spacial score (nSPS) is 20.8. The number of hydrogen-bond donors (Lipinski definition) is 1. The van der Waals surface area contributed by atoms with Crippen molar-refractivity contribution >= 4 is 33.0 Å². The van der Waals surface area contributed by atoms with Crippen LogP contribution in [0.2, 0.25) is 5.02 Å². The molecule has 1 aliphatic rings. The van der Waals surface area contributed by atoms with E-state index in [0.717, 1.165) is 5.69 Å². The molecule has 1 fully saturated rings. The van der Waals surface area contributed by atoms with Crippen molar-refractivity contribution in [1.29, 1.82) is 0 Å². The Kier molecular flexibility index (Phi) is 5.46. The number of benzene rings is 2. The second-order valence-corrected chi connectivity index (χ2v) is 8.78. The molecule has 0 radical (unpaired) electrons. The molecular weight excluding hydrogens is 372 g/mol. The smallest absolute Gasteiger partial charge is 0.262 e. The van der Waals surface area contributed by atoms with E-state index >= 15 is 0 Å². The third kappa shape index (κ3) is 4.14. The predicted molar refractivity (Wildman–Crippen MR) is 106 cm³/mol. The van der Waals surface area contributed by atoms with E-state index in [4.69, 9.17) is 16.3 Å². The zero-order valence-corrected chi connectivity index (χ0v) is 16.6. The summed E-state index contributed by atoms with van der Waals surface area (Å²) in [5, 5.41) is 0.512. The molecule has 0 spiro atoms. The highest BCUT2D eigenvalue weighted by Crippen LogP contribution is 2.31. The van der Waals surface area contributed by atoms with E-state index in [1.165, 1.54) is 6.07 Å². The number of sulfonamides is 1. The maximum absolute atomic E-state index is 12.9. The summed E-state index contributed by atoms with van der Waals surface area (Å²) in [7, 11) is -3.72. The fourth-order valence-electron chi connectivity index (χ4n) is 3.32. The SMILES string of the molecule is Cc1cc(Cl)ccc1S(=O)(=O)Nc1ccccc1N1CC(C)OC(C)C1. The highest BCUT2D eigenvalue weighted by atomic mass is 35.5. The van der Waals surface area contributed by atoms with Gasteiger partial charge in [-0.05, 0) is 56.7 Å². The van der Waals surface area contributed by atoms with E-state index in [1.807, 2.05) is 32.0 Å². The van der Waals surface area contributed by atoms with E-state index in [1.54, 1.807) is 25.1 Å². The van der Waals surface area contributed by atoms with Gasteiger partial charge in [-0.15, -0.1) is 0 Å². The number of ether oxygens (including phenoxy) is 1. The maximum Gasteiger partial charge on any atom is 0.262 e. The minimum atomic E-state index is -3.72. The van der Waals surface area contributed by atoms with Crippen LogP contribution < -0.4 is 9.62 Å². The van der Waals surface area contributed by atoms with Gasteiger partial charge in [-0.1, -0.05) is 23.7 Å². The van der Waals surface area contributed by atoms with Gasteiger partial charge in [0.15, 0.2) is 0 Å². The van der Waals surface area contributed by atoms with Crippen molar-refractivity contribution in [2.45, 2.75) is 37.9 Å². The molecule has 140 valence electrons. The van der Waals surface area contributed by atoms with Gasteiger partial charge in [0.25, 0.3) is 10.0 Å². The Morgan fingerprint density at radius 1 is 1.12 bits per heavy atom. The molecule has 2 aromatic carbocycles. The molecule has 7 heteroatoms. The highest BCUT2D eigenvalue weighted by Gasteiger charge is 2.25. The molecule has 0 saturated carbocycles. The van der Waals surface area contributed by atoms with Crippen LogP contribution in [0.3, 0.4) is 0 Å². The van der Waals surface area contributed by atoms with Crippen LogP contribution in [0.1, 0.15) is 19.4 Å². The number of rotatable bonds is 4. The third-order valence-electron chi connectivity index (χ3n) is 4.34. The van der Waals surface area contributed by atoms with Crippen LogP contribution in [0.4, 0.5) is 11.4 Å². The van der Waals surface area contributed by atoms with Crippen LogP contribution >= 0.6 is 11.6 Å². The standard InChI is InChI=1S/C19H23ClN2O3S/c1-13-10-16(20)8-9-19(13)26(23,24)21-17-6-4-5-7-18(17)22-11-14(2)25-15(3)12-22/h4-10,14-15,21H,11-12H2,1-3H3. The van der Waals surface area contributed by atoms with Gasteiger partial charge >= 0.3 is 0 Å². The minimum absolute atomic E-state index is 0.0851. The van der Waals surface area contributed by atoms with Crippen molar-refractivity contribution in [3.63, 3.8) is 0 Å². The van der Waals surface area contributed by atoms with E-state index in [0.29, 0.717) is 29.4 Å². The zero-order valence-electron chi connectivity index (χ0n) is 15.1. The number of nitrogens with one attached hydrogen (secondary N) is 1. The highest BCUT2D eigenvalue weighted by molar-refractivity contribution is 7.92. The lowest BCUT2D eigenvalue weighted by Crippen LogP contribution is -2.45. The molecule has 3 rings (SSSR count). The van der Waals surface area contributed by atoms with Crippen LogP contribution in [0.5, 0.6) is 0 Å². The maximum atomic E-state index is 12.9. The summed E-state index contributed by atoms with van der Waals surface area (Å²) in [5.41, 5.74) is 2.02. The first kappa shape index (κ1) is 19.0. The second kappa shape index (κ2) is 7.47. The van der Waals surface area contributed by atoms with Gasteiger partial charge in [0, 0.05) is 18.1 Å². The Morgan fingerprint density at radius 3 is 2.42 bits per heavy atom. The van der Waals surface area contributed by atoms with Crippen LogP contribution in [-0.2, 0) is 14.8 Å². The molecule has 26 heavy (non-hydrogen) atoms. The summed E-state index contributed by atoms with van der Waals surface area (Å²) in [6, 6.07) is 12.2. The number of anilines is 2. The first-order valence-electron chi connectivity index (χ1n) is 8.54. The lowest BCUT2D eigenvalue weighted by Gasteiger charge is -2.37. The monoisotopic (exact) mass is 394 g/mol. The van der Waals surface area contributed by atoms with Gasteiger partial charge < -0.3 is 9.64 Å². The molecule has 0 aliphatic carbocycles. The Bertz CT molecular complexity index is 891. The lowest BCUT2D eigenvalue weighted by atomic mass is 10.2. The van der Waals surface area contributed by atoms with Crippen molar-refractivity contribution < 1.29 is 13.2 Å². The molecule has 1 saturated heterocycles. The van der Waals surface area contributed by atoms with E-state index in [9.17, 15) is 8.42 Å². The van der Waals surface area contributed by atoms with Gasteiger partial charge in [-0.2, -0.15) is 0 Å². The molecule has 0 amide bonds. The molecule has 1 N–H and O–H groups in total. The summed E-state index contributed by atoms with van der Waals surface area (Å²) >= 11 is 5.95. The van der Waals surface area contributed by atoms with E-state index in [-0.39, 0.29) is 17.1 Å². The minimum Gasteiger partial charge on any atom is -0.372 e. The zero-order chi connectivity index (χ0) is 18.9. The molecule has 0 bridgehead atoms. The predicted octanol–water partition coefficient (Wildman–Crippen LogP) is 4.06. The average molecular weight is 395 g/mol. The van der Waals surface area contributed by atoms with Crippen LogP contribution in [0.15, 0.2) is 47.4 Å². The number of para-hydroxylation sites is 2. The van der Waals surface area contributed by atoms with Crippen LogP contribution in [-0.4, -0.2) is 33.7 Å². The number of halogens is 1. The molecule has 2 atom stereocenters.